The van der Waals surface area contributed by atoms with E-state index in [1.165, 1.54) is 0 Å². The van der Waals surface area contributed by atoms with E-state index in [1.54, 1.807) is 0 Å². The van der Waals surface area contributed by atoms with E-state index in [4.69, 9.17) is 0 Å². The number of hydrogen-bond donors (Lipinski definition) is 0. The molecule has 0 unspecified atom stereocenters. The highest BCUT2D eigenvalue weighted by atomic mass is 19.4. The van der Waals surface area contributed by atoms with Gasteiger partial charge in [0, 0.05) is 0 Å². The monoisotopic (exact) mass is 660 g/mol. The largest absolute Gasteiger partial charge is 0.461 e. The van der Waals surface area contributed by atoms with Gasteiger partial charge in [0.05, 0.1) is 6.61 Å². The summed E-state index contributed by atoms with van der Waals surface area (Å²) in [4.78, 5) is 11.3. The Morgan fingerprint density at radius 2 is 0.907 bits per heavy atom. The molecule has 0 aromatic carbocycles. The summed E-state index contributed by atoms with van der Waals surface area (Å²) in [6, 6.07) is 0. The topological polar surface area (TPSA) is 26.3 Å². The predicted molar refractivity (Wildman–Crippen MR) is 126 cm³/mol. The van der Waals surface area contributed by atoms with Crippen LogP contribution in [-0.2, 0) is 9.53 Å². The van der Waals surface area contributed by atoms with Gasteiger partial charge in [-0.15, -0.1) is 0 Å². The van der Waals surface area contributed by atoms with Gasteiger partial charge in [0.1, 0.15) is 0 Å². The lowest BCUT2D eigenvalue weighted by atomic mass is 9.91. The Hall–Kier alpha value is -2.36. The minimum Gasteiger partial charge on any atom is -0.461 e. The van der Waals surface area contributed by atoms with E-state index in [1.807, 2.05) is 43.4 Å². The van der Waals surface area contributed by atoms with Gasteiger partial charge in [0.25, 0.3) is 0 Å². The number of unbranched alkanes of at least 4 members (excludes halogenated alkanes) is 6. The average Bonchev–Trinajstić information content (AvgIpc) is 2.88. The first kappa shape index (κ1) is 40.6. The fourth-order valence-corrected chi connectivity index (χ4v) is 3.25. The molecular weight excluding hydrogens is 629 g/mol. The van der Waals surface area contributed by atoms with E-state index >= 15 is 0 Å². The van der Waals surface area contributed by atoms with Gasteiger partial charge in [-0.2, -0.15) is 65.9 Å². The molecule has 2 nitrogen and oxygen atoms in total. The molecule has 17 heteroatoms. The molecule has 0 rings (SSSR count). The second-order valence-electron chi connectivity index (χ2n) is 9.28. The third-order valence-corrected chi connectivity index (χ3v) is 5.86. The van der Waals surface area contributed by atoms with Gasteiger partial charge in [0.2, 0.25) is 0 Å². The Morgan fingerprint density at radius 1 is 0.512 bits per heavy atom. The van der Waals surface area contributed by atoms with Crippen LogP contribution in [0, 0.1) is 0 Å². The van der Waals surface area contributed by atoms with Crippen molar-refractivity contribution in [2.75, 3.05) is 6.61 Å². The molecule has 0 amide bonds. The Bertz CT molecular complexity index is 935. The second kappa shape index (κ2) is 16.1. The molecule has 252 valence electrons. The fraction of sp³-hybridized carbons (Fsp3) is 0.731. The van der Waals surface area contributed by atoms with Crippen molar-refractivity contribution in [1.82, 2.24) is 0 Å². The van der Waals surface area contributed by atoms with Crippen LogP contribution in [0.5, 0.6) is 0 Å². The lowest BCUT2D eigenvalue weighted by Gasteiger charge is -2.40. The van der Waals surface area contributed by atoms with E-state index in [0.29, 0.717) is 19.3 Å². The normalized spacial score (nSPS) is 14.9. The first-order chi connectivity index (χ1) is 19.5. The van der Waals surface area contributed by atoms with Crippen molar-refractivity contribution in [2.45, 2.75) is 113 Å². The minimum absolute atomic E-state index is 0.134. The molecule has 0 aliphatic carbocycles. The number of alkyl halides is 15. The molecule has 0 atom stereocenters. The van der Waals surface area contributed by atoms with Crippen LogP contribution in [0.2, 0.25) is 0 Å². The first-order valence-electron chi connectivity index (χ1n) is 12.9. The van der Waals surface area contributed by atoms with Crippen molar-refractivity contribution in [1.29, 1.82) is 0 Å². The zero-order valence-electron chi connectivity index (χ0n) is 22.7. The van der Waals surface area contributed by atoms with Crippen molar-refractivity contribution in [2.24, 2.45) is 0 Å². The van der Waals surface area contributed by atoms with Crippen molar-refractivity contribution in [3.05, 3.63) is 36.5 Å². The quantitative estimate of drug-likeness (QED) is 0.0562. The SMILES string of the molecule is CC/C=C\C/C=C\C/C=C\CCCCCCCCOC(=O)C(F)(F)C(F)(F)C(F)(F)C(F)(F)C(F)(F)C(F)(F)C(F)(F)F. The molecule has 0 aliphatic heterocycles. The molecule has 0 N–H and O–H groups in total. The van der Waals surface area contributed by atoms with Crippen LogP contribution in [0.25, 0.3) is 0 Å². The number of hydrogen-bond acceptors (Lipinski definition) is 2. The molecule has 0 saturated carbocycles. The number of rotatable bonds is 20. The molecule has 0 aromatic rings. The summed E-state index contributed by atoms with van der Waals surface area (Å²) in [5.41, 5.74) is 0. The van der Waals surface area contributed by atoms with E-state index in [2.05, 4.69) is 4.74 Å². The third kappa shape index (κ3) is 9.56. The zero-order chi connectivity index (χ0) is 33.8. The molecular formula is C26H31F15O2. The smallest absolute Gasteiger partial charge is 0.460 e. The van der Waals surface area contributed by atoms with E-state index in [0.717, 1.165) is 32.1 Å². The van der Waals surface area contributed by atoms with Crippen molar-refractivity contribution in [3.8, 4) is 0 Å². The molecule has 0 radical (unpaired) electrons. The summed E-state index contributed by atoms with van der Waals surface area (Å²) in [6.07, 6.45) is 9.98. The van der Waals surface area contributed by atoms with Crippen LogP contribution in [0.1, 0.15) is 71.1 Å². The molecule has 0 bridgehead atoms. The first-order valence-corrected chi connectivity index (χ1v) is 12.9. The van der Waals surface area contributed by atoms with Gasteiger partial charge < -0.3 is 4.74 Å². The molecule has 0 aromatic heterocycles. The minimum atomic E-state index is -8.44. The average molecular weight is 661 g/mol. The van der Waals surface area contributed by atoms with Crippen LogP contribution in [0.3, 0.4) is 0 Å². The summed E-state index contributed by atoms with van der Waals surface area (Å²) in [5.74, 6) is -51.7. The Kier molecular flexibility index (Phi) is 15.2. The highest BCUT2D eigenvalue weighted by Crippen LogP contribution is 2.62. The number of halogens is 15. The molecule has 0 heterocycles. The maximum Gasteiger partial charge on any atom is 0.460 e. The Balaban J connectivity index is 4.82. The Morgan fingerprint density at radius 3 is 1.40 bits per heavy atom. The van der Waals surface area contributed by atoms with Crippen molar-refractivity contribution < 1.29 is 75.4 Å². The molecule has 43 heavy (non-hydrogen) atoms. The lowest BCUT2D eigenvalue weighted by molar-refractivity contribution is -0.450. The Labute approximate surface area is 238 Å². The van der Waals surface area contributed by atoms with Crippen LogP contribution in [0.4, 0.5) is 65.9 Å². The summed E-state index contributed by atoms with van der Waals surface area (Å²) in [7, 11) is 0. The van der Waals surface area contributed by atoms with Gasteiger partial charge in [-0.05, 0) is 38.5 Å². The van der Waals surface area contributed by atoms with E-state index < -0.39 is 54.3 Å². The lowest BCUT2D eigenvalue weighted by Crippen LogP contribution is -2.73. The van der Waals surface area contributed by atoms with E-state index in [9.17, 15) is 70.7 Å². The molecule has 0 saturated heterocycles. The van der Waals surface area contributed by atoms with Gasteiger partial charge in [0.15, 0.2) is 0 Å². The van der Waals surface area contributed by atoms with E-state index in [-0.39, 0.29) is 12.8 Å². The maximum atomic E-state index is 13.7. The van der Waals surface area contributed by atoms with Gasteiger partial charge in [-0.1, -0.05) is 69.1 Å². The summed E-state index contributed by atoms with van der Waals surface area (Å²) < 4.78 is 201. The van der Waals surface area contributed by atoms with Gasteiger partial charge in [-0.25, -0.2) is 4.79 Å². The maximum absolute atomic E-state index is 13.7. The van der Waals surface area contributed by atoms with Crippen LogP contribution >= 0.6 is 0 Å². The fourth-order valence-electron chi connectivity index (χ4n) is 3.25. The van der Waals surface area contributed by atoms with Crippen LogP contribution in [0.15, 0.2) is 36.5 Å². The number of esters is 1. The highest BCUT2D eigenvalue weighted by molar-refractivity contribution is 5.79. The number of carbonyl (C=O) groups is 1. The zero-order valence-corrected chi connectivity index (χ0v) is 22.7. The molecule has 0 spiro atoms. The van der Waals surface area contributed by atoms with Crippen LogP contribution in [-0.4, -0.2) is 54.3 Å². The van der Waals surface area contributed by atoms with Crippen molar-refractivity contribution in [3.63, 3.8) is 0 Å². The third-order valence-electron chi connectivity index (χ3n) is 5.86. The van der Waals surface area contributed by atoms with Gasteiger partial charge >= 0.3 is 47.7 Å². The van der Waals surface area contributed by atoms with Crippen LogP contribution < -0.4 is 0 Å². The molecule has 0 aliphatic rings. The standard InChI is InChI=1S/C26H31F15O2/c1-2-3-4-5-6-7-8-9-10-11-12-13-14-15-16-17-18-43-19(42)20(27,28)21(29,30)22(31,32)23(33,34)24(35,36)25(37,38)26(39,40)41/h3-4,6-7,9-10H,2,5,8,11-18H2,1H3/b4-3-,7-6-,10-9-. The second-order valence-corrected chi connectivity index (χ2v) is 9.28. The van der Waals surface area contributed by atoms with Gasteiger partial charge in [-0.3, -0.25) is 0 Å². The summed E-state index contributed by atoms with van der Waals surface area (Å²) in [6.45, 7) is 0.884. The predicted octanol–water partition coefficient (Wildman–Crippen LogP) is 10.5. The molecule has 0 fully saturated rings. The summed E-state index contributed by atoms with van der Waals surface area (Å²) >= 11 is 0. The number of allylic oxidation sites excluding steroid dienone is 6. The number of carbonyl (C=O) groups excluding carboxylic acids is 1. The van der Waals surface area contributed by atoms with Crippen molar-refractivity contribution >= 4 is 5.97 Å². The summed E-state index contributed by atoms with van der Waals surface area (Å²) in [5, 5.41) is 0. The highest BCUT2D eigenvalue weighted by Gasteiger charge is 2.94. The number of ether oxygens (including phenoxy) is 1.